The highest BCUT2D eigenvalue weighted by molar-refractivity contribution is 6.03. The number of ether oxygens (including phenoxy) is 2. The number of Topliss-reactive ketones (excluding diaryl/α,β-unsaturated/α-hetero) is 4. The number of hydrogen-bond donors (Lipinski definition) is 6. The van der Waals surface area contributed by atoms with Gasteiger partial charge in [0.05, 0.1) is 0 Å². The van der Waals surface area contributed by atoms with Crippen LogP contribution in [0.15, 0.2) is 115 Å². The van der Waals surface area contributed by atoms with Gasteiger partial charge in [-0.3, -0.25) is 29.8 Å². The van der Waals surface area contributed by atoms with Crippen molar-refractivity contribution in [3.05, 3.63) is 165 Å². The van der Waals surface area contributed by atoms with E-state index < -0.39 is 69.9 Å². The van der Waals surface area contributed by atoms with E-state index in [9.17, 15) is 49.2 Å². The lowest BCUT2D eigenvalue weighted by atomic mass is 9.92. The Balaban J connectivity index is 1.39. The van der Waals surface area contributed by atoms with Crippen molar-refractivity contribution in [2.45, 2.75) is 96.9 Å². The van der Waals surface area contributed by atoms with Crippen LogP contribution in [-0.2, 0) is 9.47 Å². The molecule has 14 nitrogen and oxygen atoms in total. The van der Waals surface area contributed by atoms with Crippen molar-refractivity contribution in [3.8, 4) is 0 Å². The molecular weight excluding hydrogens is 833 g/mol. The molecule has 0 unspecified atom stereocenters. The second-order valence-corrected chi connectivity index (χ2v) is 17.9. The summed E-state index contributed by atoms with van der Waals surface area (Å²) in [6, 6.07) is 29.3. The molecule has 0 saturated heterocycles. The average Bonchev–Trinajstić information content (AvgIpc) is 3.24. The van der Waals surface area contributed by atoms with E-state index in [1.807, 2.05) is 0 Å². The lowest BCUT2D eigenvalue weighted by molar-refractivity contribution is 0.0487. The van der Waals surface area contributed by atoms with Gasteiger partial charge in [0, 0.05) is 33.6 Å². The maximum absolute atomic E-state index is 13.7. The number of aliphatic hydroxyl groups is 4. The van der Waals surface area contributed by atoms with E-state index in [1.165, 1.54) is 110 Å². The first-order valence-corrected chi connectivity index (χ1v) is 20.7. The Morgan fingerprint density at radius 3 is 0.938 bits per heavy atom. The van der Waals surface area contributed by atoms with Crippen molar-refractivity contribution >= 4 is 46.7 Å². The van der Waals surface area contributed by atoms with E-state index in [-0.39, 0.29) is 33.6 Å². The molecule has 5 aromatic rings. The van der Waals surface area contributed by atoms with Gasteiger partial charge in [0.1, 0.15) is 22.4 Å². The van der Waals surface area contributed by atoms with E-state index in [4.69, 9.17) is 9.47 Å². The molecule has 5 aromatic carbocycles. The molecule has 0 saturated carbocycles. The van der Waals surface area contributed by atoms with Crippen LogP contribution in [0.2, 0.25) is 0 Å². The number of carbonyl (C=O) groups is 6. The summed E-state index contributed by atoms with van der Waals surface area (Å²) in [6.07, 6.45) is -3.93. The van der Waals surface area contributed by atoms with Crippen LogP contribution in [-0.4, -0.2) is 78.1 Å². The molecule has 0 radical (unpaired) electrons. The monoisotopic (exact) mass is 886 g/mol. The Hall–Kier alpha value is -6.84. The number of hydrogen-bond acceptors (Lipinski definition) is 12. The lowest BCUT2D eigenvalue weighted by Gasteiger charge is -2.22. The van der Waals surface area contributed by atoms with Crippen molar-refractivity contribution in [2.24, 2.45) is 0 Å². The van der Waals surface area contributed by atoms with Gasteiger partial charge in [0.2, 0.25) is 0 Å². The molecule has 0 atom stereocenters. The number of amides is 2. The van der Waals surface area contributed by atoms with Crippen LogP contribution in [0, 0.1) is 6.92 Å². The third-order valence-electron chi connectivity index (χ3n) is 10.3. The summed E-state index contributed by atoms with van der Waals surface area (Å²) >= 11 is 0. The van der Waals surface area contributed by atoms with Crippen molar-refractivity contribution in [1.29, 1.82) is 0 Å². The van der Waals surface area contributed by atoms with Crippen LogP contribution < -0.4 is 10.6 Å². The SMILES string of the molecule is Cc1ccc(NC(=O)OC(c2ccc(C(=O)C(C)(C)O)cc2)c2ccc(C(=O)C(C)(C)O)cc2)cc1NC(=O)OC(c1ccc(C(=O)C(C)(C)O)cc1)c1ccc(C(=O)C(C)(C)O)cc1. The number of anilines is 2. The summed E-state index contributed by atoms with van der Waals surface area (Å²) in [5.74, 6) is -2.05. The Kier molecular flexibility index (Phi) is 14.4. The standard InChI is InChI=1S/C51H54N2O12/c1-29-10-27-38(52-46(58)64-40(30-11-19-34(20-12-30)42(54)48(2,3)60)31-13-21-35(22-14-31)43(55)49(4,5)61)28-39(29)53-47(59)65-41(32-15-23-36(24-16-32)44(56)50(6,7)62)33-17-25-37(26-18-33)45(57)51(8,9)63/h10-28,40-41,60-63H,1-9H3,(H,52,58)(H,53,59). The minimum atomic E-state index is -1.62. The molecule has 0 aliphatic heterocycles. The first-order chi connectivity index (χ1) is 30.1. The quantitative estimate of drug-likeness (QED) is 0.0513. The zero-order valence-electron chi connectivity index (χ0n) is 37.7. The van der Waals surface area contributed by atoms with Gasteiger partial charge in [0.15, 0.2) is 35.3 Å². The average molecular weight is 887 g/mol. The molecular formula is C51H54N2O12. The van der Waals surface area contributed by atoms with Crippen LogP contribution in [0.3, 0.4) is 0 Å². The minimum Gasteiger partial charge on any atom is -0.436 e. The smallest absolute Gasteiger partial charge is 0.412 e. The van der Waals surface area contributed by atoms with E-state index in [2.05, 4.69) is 10.6 Å². The number of benzene rings is 5. The third kappa shape index (κ3) is 12.5. The molecule has 65 heavy (non-hydrogen) atoms. The molecule has 0 fully saturated rings. The lowest BCUT2D eigenvalue weighted by Crippen LogP contribution is -2.31. The third-order valence-corrected chi connectivity index (χ3v) is 10.3. The van der Waals surface area contributed by atoms with Gasteiger partial charge < -0.3 is 29.9 Å². The van der Waals surface area contributed by atoms with Crippen LogP contribution in [0.1, 0.15) is 137 Å². The normalized spacial score (nSPS) is 12.1. The first-order valence-electron chi connectivity index (χ1n) is 20.7. The molecule has 0 bridgehead atoms. The van der Waals surface area contributed by atoms with E-state index >= 15 is 0 Å². The van der Waals surface area contributed by atoms with Gasteiger partial charge in [-0.15, -0.1) is 0 Å². The summed E-state index contributed by atoms with van der Waals surface area (Å²) in [6.45, 7) is 12.7. The topological polar surface area (TPSA) is 226 Å². The van der Waals surface area contributed by atoms with Crippen LogP contribution in [0.25, 0.3) is 0 Å². The van der Waals surface area contributed by atoms with Gasteiger partial charge >= 0.3 is 12.2 Å². The number of carbonyl (C=O) groups excluding carboxylic acids is 6. The summed E-state index contributed by atoms with van der Waals surface area (Å²) in [4.78, 5) is 78.2. The zero-order valence-corrected chi connectivity index (χ0v) is 37.7. The summed E-state index contributed by atoms with van der Waals surface area (Å²) < 4.78 is 11.9. The highest BCUT2D eigenvalue weighted by Gasteiger charge is 2.30. The van der Waals surface area contributed by atoms with Crippen molar-refractivity contribution in [2.75, 3.05) is 10.6 Å². The Morgan fingerprint density at radius 2 is 0.677 bits per heavy atom. The fourth-order valence-electron chi connectivity index (χ4n) is 6.64. The van der Waals surface area contributed by atoms with Crippen LogP contribution in [0.4, 0.5) is 21.0 Å². The van der Waals surface area contributed by atoms with E-state index in [0.717, 1.165) is 0 Å². The number of aryl methyl sites for hydroxylation is 1. The Morgan fingerprint density at radius 1 is 0.415 bits per heavy atom. The number of rotatable bonds is 16. The molecule has 340 valence electrons. The van der Waals surface area contributed by atoms with Crippen LogP contribution in [0.5, 0.6) is 0 Å². The van der Waals surface area contributed by atoms with Crippen LogP contribution >= 0.6 is 0 Å². The van der Waals surface area contributed by atoms with E-state index in [1.54, 1.807) is 67.6 Å². The molecule has 2 amide bonds. The highest BCUT2D eigenvalue weighted by Crippen LogP contribution is 2.32. The minimum absolute atomic E-state index is 0.225. The second-order valence-electron chi connectivity index (χ2n) is 17.9. The molecule has 0 aliphatic carbocycles. The van der Waals surface area contributed by atoms with Crippen molar-refractivity contribution < 1.29 is 58.7 Å². The maximum Gasteiger partial charge on any atom is 0.412 e. The summed E-state index contributed by atoms with van der Waals surface area (Å²) in [5, 5.41) is 46.4. The number of nitrogens with one attached hydrogen (secondary N) is 2. The molecule has 0 spiro atoms. The fraction of sp³-hybridized carbons (Fsp3) is 0.294. The number of ketones is 4. The first kappa shape index (κ1) is 49.2. The fourth-order valence-corrected chi connectivity index (χ4v) is 6.64. The van der Waals surface area contributed by atoms with Gasteiger partial charge in [-0.1, -0.05) is 103 Å². The van der Waals surface area contributed by atoms with Gasteiger partial charge in [-0.2, -0.15) is 0 Å². The van der Waals surface area contributed by atoms with E-state index in [0.29, 0.717) is 27.8 Å². The molecule has 0 aliphatic rings. The van der Waals surface area contributed by atoms with Gasteiger partial charge in [0.25, 0.3) is 0 Å². The van der Waals surface area contributed by atoms with Crippen molar-refractivity contribution in [3.63, 3.8) is 0 Å². The zero-order chi connectivity index (χ0) is 48.2. The Labute approximate surface area is 377 Å². The molecule has 6 N–H and O–H groups in total. The Bertz CT molecular complexity index is 2430. The van der Waals surface area contributed by atoms with Gasteiger partial charge in [-0.05, 0) is 102 Å². The predicted octanol–water partition coefficient (Wildman–Crippen LogP) is 8.49. The highest BCUT2D eigenvalue weighted by atomic mass is 16.6. The molecule has 14 heteroatoms. The molecule has 5 rings (SSSR count). The van der Waals surface area contributed by atoms with Crippen molar-refractivity contribution in [1.82, 2.24) is 0 Å². The molecule has 0 heterocycles. The second kappa shape index (κ2) is 19.1. The largest absolute Gasteiger partial charge is 0.436 e. The molecule has 0 aromatic heterocycles. The summed E-state index contributed by atoms with van der Waals surface area (Å²) in [7, 11) is 0. The summed E-state index contributed by atoms with van der Waals surface area (Å²) in [5.41, 5.74) is -2.67. The maximum atomic E-state index is 13.7. The predicted molar refractivity (Wildman–Crippen MR) is 243 cm³/mol. The van der Waals surface area contributed by atoms with Gasteiger partial charge in [-0.25, -0.2) is 9.59 Å².